The van der Waals surface area contributed by atoms with Gasteiger partial charge in [-0.05, 0) is 24.3 Å². The first-order chi connectivity index (χ1) is 8.74. The van der Waals surface area contributed by atoms with E-state index < -0.39 is 0 Å². The van der Waals surface area contributed by atoms with Gasteiger partial charge in [-0.25, -0.2) is 0 Å². The summed E-state index contributed by atoms with van der Waals surface area (Å²) in [6.07, 6.45) is 0. The fourth-order valence-corrected chi connectivity index (χ4v) is 2.42. The first-order valence-electron chi connectivity index (χ1n) is 5.85. The minimum absolute atomic E-state index is 0.875. The van der Waals surface area contributed by atoms with E-state index in [4.69, 9.17) is 9.47 Å². The van der Waals surface area contributed by atoms with Crippen LogP contribution in [0.4, 0.5) is 0 Å². The molecule has 18 heavy (non-hydrogen) atoms. The molecule has 3 rings (SSSR count). The molecule has 0 saturated heterocycles. The minimum atomic E-state index is 0.875. The van der Waals surface area contributed by atoms with Crippen LogP contribution in [0.2, 0.25) is 0 Å². The van der Waals surface area contributed by atoms with Crippen molar-refractivity contribution in [3.8, 4) is 11.5 Å². The molecule has 0 bridgehead atoms. The van der Waals surface area contributed by atoms with Crippen molar-refractivity contribution >= 4 is 21.8 Å². The smallest absolute Gasteiger partial charge is 0.120 e. The van der Waals surface area contributed by atoms with E-state index in [-0.39, 0.29) is 0 Å². The Kier molecular flexibility index (Phi) is 2.40. The van der Waals surface area contributed by atoms with Gasteiger partial charge in [0.2, 0.25) is 0 Å². The third kappa shape index (κ3) is 1.44. The molecular formula is C15H15NO2. The summed E-state index contributed by atoms with van der Waals surface area (Å²) >= 11 is 0. The molecule has 0 aliphatic rings. The van der Waals surface area contributed by atoms with Crippen LogP contribution in [0, 0.1) is 0 Å². The molecule has 3 heteroatoms. The molecule has 0 atom stereocenters. The lowest BCUT2D eigenvalue weighted by Crippen LogP contribution is -1.88. The van der Waals surface area contributed by atoms with Crippen LogP contribution >= 0.6 is 0 Å². The molecule has 0 saturated carbocycles. The standard InChI is InChI=1S/C15H15NO2/c1-16-14-8-10(17-2)4-6-12(14)13-7-5-11(18-3)9-15(13)16/h4-9H,1-3H3. The van der Waals surface area contributed by atoms with Crippen molar-refractivity contribution < 1.29 is 9.47 Å². The summed E-state index contributed by atoms with van der Waals surface area (Å²) in [7, 11) is 5.43. The van der Waals surface area contributed by atoms with Crippen LogP contribution in [0.1, 0.15) is 0 Å². The second kappa shape index (κ2) is 3.95. The summed E-state index contributed by atoms with van der Waals surface area (Å²) < 4.78 is 12.7. The molecule has 0 unspecified atom stereocenters. The largest absolute Gasteiger partial charge is 0.497 e. The lowest BCUT2D eigenvalue weighted by atomic mass is 10.1. The van der Waals surface area contributed by atoms with Crippen LogP contribution in [0.5, 0.6) is 11.5 Å². The topological polar surface area (TPSA) is 23.4 Å². The molecule has 3 nitrogen and oxygen atoms in total. The molecule has 0 spiro atoms. The summed E-state index contributed by atoms with van der Waals surface area (Å²) in [4.78, 5) is 0. The molecule has 1 aromatic heterocycles. The second-order valence-corrected chi connectivity index (χ2v) is 4.33. The first-order valence-corrected chi connectivity index (χ1v) is 5.85. The van der Waals surface area contributed by atoms with Crippen LogP contribution in [0.3, 0.4) is 0 Å². The average Bonchev–Trinajstić information content (AvgIpc) is 2.71. The number of aryl methyl sites for hydroxylation is 1. The van der Waals surface area contributed by atoms with Crippen LogP contribution in [-0.4, -0.2) is 18.8 Å². The molecule has 0 aliphatic heterocycles. The summed E-state index contributed by atoms with van der Waals surface area (Å²) in [5.74, 6) is 1.75. The monoisotopic (exact) mass is 241 g/mol. The SMILES string of the molecule is COc1ccc2c3ccc(OC)cc3n(C)c2c1. The number of hydrogen-bond acceptors (Lipinski definition) is 2. The highest BCUT2D eigenvalue weighted by Crippen LogP contribution is 2.32. The number of ether oxygens (including phenoxy) is 2. The summed E-state index contributed by atoms with van der Waals surface area (Å²) in [5.41, 5.74) is 2.33. The van der Waals surface area contributed by atoms with Gasteiger partial charge in [-0.1, -0.05) is 0 Å². The summed E-state index contributed by atoms with van der Waals surface area (Å²) in [5, 5.41) is 2.46. The Hall–Kier alpha value is -2.16. The maximum absolute atomic E-state index is 5.28. The molecule has 92 valence electrons. The molecule has 0 aliphatic carbocycles. The fraction of sp³-hybridized carbons (Fsp3) is 0.200. The third-order valence-electron chi connectivity index (χ3n) is 3.42. The number of fused-ring (bicyclic) bond motifs is 3. The van der Waals surface area contributed by atoms with E-state index in [1.54, 1.807) is 14.2 Å². The van der Waals surface area contributed by atoms with Gasteiger partial charge in [-0.3, -0.25) is 0 Å². The van der Waals surface area contributed by atoms with Gasteiger partial charge < -0.3 is 14.0 Å². The minimum Gasteiger partial charge on any atom is -0.497 e. The van der Waals surface area contributed by atoms with E-state index >= 15 is 0 Å². The highest BCUT2D eigenvalue weighted by Gasteiger charge is 2.09. The normalized spacial score (nSPS) is 11.1. The van der Waals surface area contributed by atoms with Crippen molar-refractivity contribution in [3.63, 3.8) is 0 Å². The van der Waals surface area contributed by atoms with Crippen molar-refractivity contribution in [2.45, 2.75) is 0 Å². The molecule has 0 N–H and O–H groups in total. The van der Waals surface area contributed by atoms with Crippen LogP contribution < -0.4 is 9.47 Å². The number of hydrogen-bond donors (Lipinski definition) is 0. The first kappa shape index (κ1) is 11.0. The number of nitrogens with zero attached hydrogens (tertiary/aromatic N) is 1. The maximum atomic E-state index is 5.28. The summed E-state index contributed by atoms with van der Waals surface area (Å²) in [6.45, 7) is 0. The molecular weight excluding hydrogens is 226 g/mol. The zero-order valence-corrected chi connectivity index (χ0v) is 10.7. The van der Waals surface area contributed by atoms with E-state index in [9.17, 15) is 0 Å². The zero-order valence-electron chi connectivity index (χ0n) is 10.7. The highest BCUT2D eigenvalue weighted by atomic mass is 16.5. The van der Waals surface area contributed by atoms with E-state index in [2.05, 4.69) is 35.9 Å². The van der Waals surface area contributed by atoms with Crippen molar-refractivity contribution in [3.05, 3.63) is 36.4 Å². The highest BCUT2D eigenvalue weighted by molar-refractivity contribution is 6.08. The zero-order chi connectivity index (χ0) is 12.7. The number of aromatic nitrogens is 1. The van der Waals surface area contributed by atoms with E-state index in [0.29, 0.717) is 0 Å². The van der Waals surface area contributed by atoms with E-state index in [1.807, 2.05) is 12.1 Å². The van der Waals surface area contributed by atoms with E-state index in [0.717, 1.165) is 22.5 Å². The Labute approximate surface area is 106 Å². The van der Waals surface area contributed by atoms with Gasteiger partial charge in [0.1, 0.15) is 11.5 Å². The third-order valence-corrected chi connectivity index (χ3v) is 3.42. The Morgan fingerprint density at radius 3 is 1.61 bits per heavy atom. The molecule has 0 amide bonds. The fourth-order valence-electron chi connectivity index (χ4n) is 2.42. The Bertz CT molecular complexity index is 667. The number of methoxy groups -OCH3 is 2. The van der Waals surface area contributed by atoms with Gasteiger partial charge >= 0.3 is 0 Å². The molecule has 3 aromatic rings. The summed E-state index contributed by atoms with van der Waals surface area (Å²) in [6, 6.07) is 12.3. The Balaban J connectivity index is 2.41. The van der Waals surface area contributed by atoms with Crippen LogP contribution in [-0.2, 0) is 7.05 Å². The lowest BCUT2D eigenvalue weighted by molar-refractivity contribution is 0.415. The van der Waals surface area contributed by atoms with Gasteiger partial charge in [0, 0.05) is 30.0 Å². The average molecular weight is 241 g/mol. The van der Waals surface area contributed by atoms with Crippen molar-refractivity contribution in [2.24, 2.45) is 7.05 Å². The van der Waals surface area contributed by atoms with Crippen LogP contribution in [0.25, 0.3) is 21.8 Å². The second-order valence-electron chi connectivity index (χ2n) is 4.33. The molecule has 2 aromatic carbocycles. The van der Waals surface area contributed by atoms with Crippen LogP contribution in [0.15, 0.2) is 36.4 Å². The lowest BCUT2D eigenvalue weighted by Gasteiger charge is -2.02. The van der Waals surface area contributed by atoms with Crippen molar-refractivity contribution in [2.75, 3.05) is 14.2 Å². The quantitative estimate of drug-likeness (QED) is 0.687. The molecule has 1 heterocycles. The van der Waals surface area contributed by atoms with Gasteiger partial charge in [-0.2, -0.15) is 0 Å². The van der Waals surface area contributed by atoms with Gasteiger partial charge in [0.05, 0.1) is 25.3 Å². The predicted octanol–water partition coefficient (Wildman–Crippen LogP) is 3.35. The van der Waals surface area contributed by atoms with Crippen molar-refractivity contribution in [1.29, 1.82) is 0 Å². The predicted molar refractivity (Wildman–Crippen MR) is 73.5 cm³/mol. The van der Waals surface area contributed by atoms with Crippen molar-refractivity contribution in [1.82, 2.24) is 4.57 Å². The molecule has 0 radical (unpaired) electrons. The van der Waals surface area contributed by atoms with Gasteiger partial charge in [0.25, 0.3) is 0 Å². The Morgan fingerprint density at radius 2 is 1.22 bits per heavy atom. The van der Waals surface area contributed by atoms with E-state index in [1.165, 1.54) is 10.8 Å². The molecule has 0 fully saturated rings. The van der Waals surface area contributed by atoms with Gasteiger partial charge in [-0.15, -0.1) is 0 Å². The Morgan fingerprint density at radius 1 is 0.778 bits per heavy atom. The number of benzene rings is 2. The van der Waals surface area contributed by atoms with Gasteiger partial charge in [0.15, 0.2) is 0 Å². The number of rotatable bonds is 2. The maximum Gasteiger partial charge on any atom is 0.120 e.